The number of halogens is 4. The quantitative estimate of drug-likeness (QED) is 0.482. The molecule has 134 valence electrons. The number of carbonyl (C=O) groups is 1. The van der Waals surface area contributed by atoms with Crippen molar-refractivity contribution in [2.75, 3.05) is 5.32 Å². The first-order chi connectivity index (χ1) is 11.5. The number of hydrogen-bond acceptors (Lipinski definition) is 5. The van der Waals surface area contributed by atoms with Gasteiger partial charge >= 0.3 is 11.9 Å². The molecular weight excluding hydrogens is 369 g/mol. The number of nitrogens with one attached hydrogen (secondary N) is 1. The van der Waals surface area contributed by atoms with Gasteiger partial charge in [0.25, 0.3) is 0 Å². The number of aromatic hydroxyl groups is 1. The summed E-state index contributed by atoms with van der Waals surface area (Å²) in [5.41, 5.74) is -3.39. The first-order valence-corrected chi connectivity index (χ1v) is 6.96. The van der Waals surface area contributed by atoms with Gasteiger partial charge in [0.2, 0.25) is 11.6 Å². The van der Waals surface area contributed by atoms with Gasteiger partial charge in [-0.1, -0.05) is 11.6 Å². The molecule has 0 unspecified atom stereocenters. The highest BCUT2D eigenvalue weighted by Crippen LogP contribution is 2.37. The number of phenolic OH excluding ortho intramolecular Hbond substituents is 1. The number of anilines is 1. The monoisotopic (exact) mass is 378 g/mol. The van der Waals surface area contributed by atoms with Crippen LogP contribution in [0, 0.1) is 17.0 Å². The predicted molar refractivity (Wildman–Crippen MR) is 80.4 cm³/mol. The van der Waals surface area contributed by atoms with Crippen LogP contribution in [0.25, 0.3) is 0 Å². The number of nitro groups is 1. The second-order valence-corrected chi connectivity index (χ2v) is 5.34. The van der Waals surface area contributed by atoms with E-state index in [0.29, 0.717) is 4.68 Å². The Balaban J connectivity index is 2.29. The number of hydrogen-bond donors (Lipinski definition) is 2. The molecule has 0 saturated carbocycles. The highest BCUT2D eigenvalue weighted by atomic mass is 35.5. The van der Waals surface area contributed by atoms with Crippen molar-refractivity contribution in [1.29, 1.82) is 0 Å². The summed E-state index contributed by atoms with van der Waals surface area (Å²) in [5, 5.41) is 26.0. The van der Waals surface area contributed by atoms with Gasteiger partial charge in [-0.15, -0.1) is 0 Å². The molecule has 0 spiro atoms. The van der Waals surface area contributed by atoms with Crippen LogP contribution in [-0.4, -0.2) is 25.7 Å². The van der Waals surface area contributed by atoms with Crippen LogP contribution in [0.1, 0.15) is 11.4 Å². The van der Waals surface area contributed by atoms with Crippen molar-refractivity contribution in [3.8, 4) is 5.75 Å². The number of aromatic nitrogens is 2. The van der Waals surface area contributed by atoms with Gasteiger partial charge in [0.05, 0.1) is 10.6 Å². The highest BCUT2D eigenvalue weighted by Gasteiger charge is 2.44. The molecule has 0 radical (unpaired) electrons. The van der Waals surface area contributed by atoms with Gasteiger partial charge in [-0.05, 0) is 25.1 Å². The van der Waals surface area contributed by atoms with Crippen molar-refractivity contribution in [3.05, 3.63) is 44.7 Å². The Labute approximate surface area is 143 Å². The van der Waals surface area contributed by atoms with E-state index in [1.165, 1.54) is 18.2 Å². The summed E-state index contributed by atoms with van der Waals surface area (Å²) in [4.78, 5) is 21.6. The van der Waals surface area contributed by atoms with Crippen LogP contribution >= 0.6 is 11.6 Å². The number of rotatable bonds is 4. The number of phenols is 1. The zero-order valence-corrected chi connectivity index (χ0v) is 13.2. The molecule has 0 saturated heterocycles. The molecule has 1 amide bonds. The molecule has 0 fully saturated rings. The minimum Gasteiger partial charge on any atom is -0.506 e. The summed E-state index contributed by atoms with van der Waals surface area (Å²) in [6.45, 7) is 0.319. The molecular formula is C13H10ClF3N4O4. The molecule has 1 aromatic heterocycles. The molecule has 0 aliphatic heterocycles. The third-order valence-corrected chi connectivity index (χ3v) is 3.39. The topological polar surface area (TPSA) is 110 Å². The summed E-state index contributed by atoms with van der Waals surface area (Å²) in [6, 6.07) is 3.81. The van der Waals surface area contributed by atoms with Crippen LogP contribution in [0.3, 0.4) is 0 Å². The van der Waals surface area contributed by atoms with Crippen molar-refractivity contribution >= 4 is 28.9 Å². The predicted octanol–water partition coefficient (Wildman–Crippen LogP) is 3.12. The second-order valence-electron chi connectivity index (χ2n) is 4.90. The van der Waals surface area contributed by atoms with Gasteiger partial charge in [-0.2, -0.15) is 18.3 Å². The Hall–Kier alpha value is -2.82. The summed E-state index contributed by atoms with van der Waals surface area (Å²) in [5.74, 6) is -1.16. The van der Waals surface area contributed by atoms with Gasteiger partial charge in [-0.25, -0.2) is 0 Å². The lowest BCUT2D eigenvalue weighted by Gasteiger charge is -2.08. The van der Waals surface area contributed by atoms with Crippen LogP contribution in [0.5, 0.6) is 5.75 Å². The Bertz CT molecular complexity index is 851. The van der Waals surface area contributed by atoms with Crippen LogP contribution < -0.4 is 5.32 Å². The number of benzene rings is 1. The number of carbonyl (C=O) groups excluding carboxylic acids is 1. The van der Waals surface area contributed by atoms with E-state index in [1.807, 2.05) is 0 Å². The Kier molecular flexibility index (Phi) is 4.88. The summed E-state index contributed by atoms with van der Waals surface area (Å²) >= 11 is 5.71. The first-order valence-electron chi connectivity index (χ1n) is 6.58. The molecule has 2 rings (SSSR count). The molecule has 0 aliphatic rings. The molecule has 25 heavy (non-hydrogen) atoms. The van der Waals surface area contributed by atoms with Crippen LogP contribution in [0.15, 0.2) is 18.2 Å². The highest BCUT2D eigenvalue weighted by molar-refractivity contribution is 6.31. The van der Waals surface area contributed by atoms with E-state index in [0.717, 1.165) is 6.92 Å². The van der Waals surface area contributed by atoms with E-state index in [4.69, 9.17) is 11.6 Å². The lowest BCUT2D eigenvalue weighted by molar-refractivity contribution is -0.388. The maximum atomic E-state index is 12.9. The van der Waals surface area contributed by atoms with Gasteiger partial charge in [-0.3, -0.25) is 19.6 Å². The van der Waals surface area contributed by atoms with E-state index in [2.05, 4.69) is 10.4 Å². The number of alkyl halides is 3. The standard InChI is InChI=1S/C13H10ClF3N4O4/c1-6-11(21(24)25)12(13(15,16)17)19-20(6)5-10(23)18-8-4-7(14)2-3-9(8)22/h2-4,22H,5H2,1H3,(H,18,23). The average molecular weight is 379 g/mol. The molecule has 2 aromatic rings. The van der Waals surface area contributed by atoms with E-state index in [-0.39, 0.29) is 16.5 Å². The number of nitrogens with zero attached hydrogens (tertiary/aromatic N) is 3. The summed E-state index contributed by atoms with van der Waals surface area (Å²) in [6.07, 6.45) is -5.04. The molecule has 12 heteroatoms. The van der Waals surface area contributed by atoms with Crippen molar-refractivity contribution in [1.82, 2.24) is 9.78 Å². The average Bonchev–Trinajstić information content (AvgIpc) is 2.80. The fourth-order valence-corrected chi connectivity index (χ4v) is 2.21. The van der Waals surface area contributed by atoms with Gasteiger partial charge in [0.15, 0.2) is 0 Å². The molecule has 0 aliphatic carbocycles. The molecule has 0 bridgehead atoms. The van der Waals surface area contributed by atoms with Crippen molar-refractivity contribution in [3.63, 3.8) is 0 Å². The Morgan fingerprint density at radius 1 is 1.48 bits per heavy atom. The largest absolute Gasteiger partial charge is 0.506 e. The van der Waals surface area contributed by atoms with Crippen LogP contribution in [-0.2, 0) is 17.5 Å². The van der Waals surface area contributed by atoms with Crippen LogP contribution in [0.4, 0.5) is 24.5 Å². The van der Waals surface area contributed by atoms with Gasteiger partial charge in [0, 0.05) is 5.02 Å². The fourth-order valence-electron chi connectivity index (χ4n) is 2.03. The zero-order chi connectivity index (χ0) is 18.9. The maximum absolute atomic E-state index is 12.9. The van der Waals surface area contributed by atoms with Crippen molar-refractivity contribution in [2.45, 2.75) is 19.6 Å². The molecule has 1 heterocycles. The van der Waals surface area contributed by atoms with Gasteiger partial charge < -0.3 is 10.4 Å². The lowest BCUT2D eigenvalue weighted by Crippen LogP contribution is -2.20. The van der Waals surface area contributed by atoms with Gasteiger partial charge in [0.1, 0.15) is 18.0 Å². The normalized spacial score (nSPS) is 11.4. The van der Waals surface area contributed by atoms with Crippen LogP contribution in [0.2, 0.25) is 5.02 Å². The smallest absolute Gasteiger partial charge is 0.442 e. The molecule has 8 nitrogen and oxygen atoms in total. The van der Waals surface area contributed by atoms with Crippen molar-refractivity contribution in [2.24, 2.45) is 0 Å². The zero-order valence-electron chi connectivity index (χ0n) is 12.5. The SMILES string of the molecule is Cc1c([N+](=O)[O-])c(C(F)(F)F)nn1CC(=O)Nc1cc(Cl)ccc1O. The molecule has 2 N–H and O–H groups in total. The maximum Gasteiger partial charge on any atom is 0.442 e. The summed E-state index contributed by atoms with van der Waals surface area (Å²) in [7, 11) is 0. The molecule has 0 atom stereocenters. The lowest BCUT2D eigenvalue weighted by atomic mass is 10.3. The number of amides is 1. The first kappa shape index (κ1) is 18.5. The van der Waals surface area contributed by atoms with E-state index >= 15 is 0 Å². The third kappa shape index (κ3) is 3.99. The minimum absolute atomic E-state index is 0.0622. The van der Waals surface area contributed by atoms with E-state index < -0.39 is 40.6 Å². The second kappa shape index (κ2) is 6.59. The molecule has 1 aromatic carbocycles. The minimum atomic E-state index is -5.04. The van der Waals surface area contributed by atoms with E-state index in [1.54, 1.807) is 0 Å². The third-order valence-electron chi connectivity index (χ3n) is 3.15. The Morgan fingerprint density at radius 2 is 2.12 bits per heavy atom. The van der Waals surface area contributed by atoms with E-state index in [9.17, 15) is 33.2 Å². The fraction of sp³-hybridized carbons (Fsp3) is 0.231. The van der Waals surface area contributed by atoms with Crippen molar-refractivity contribution < 1.29 is 28.0 Å². The summed E-state index contributed by atoms with van der Waals surface area (Å²) < 4.78 is 39.1. The Morgan fingerprint density at radius 3 is 2.64 bits per heavy atom.